The zero-order valence-corrected chi connectivity index (χ0v) is 7.57. The third-order valence-electron chi connectivity index (χ3n) is 1.98. The van der Waals surface area contributed by atoms with Crippen LogP contribution in [0, 0.1) is 6.92 Å². The minimum atomic E-state index is -0.455. The summed E-state index contributed by atoms with van der Waals surface area (Å²) in [7, 11) is 0. The smallest absolute Gasteiger partial charge is 0.101 e. The van der Waals surface area contributed by atoms with Gasteiger partial charge in [0.2, 0.25) is 0 Å². The summed E-state index contributed by atoms with van der Waals surface area (Å²) in [5.41, 5.74) is 1.56. The molecule has 0 spiro atoms. The highest BCUT2D eigenvalue weighted by Gasteiger charge is 1.98. The van der Waals surface area contributed by atoms with Gasteiger partial charge in [0.25, 0.3) is 0 Å². The molecule has 0 amide bonds. The van der Waals surface area contributed by atoms with E-state index < -0.39 is 5.83 Å². The van der Waals surface area contributed by atoms with Crippen LogP contribution >= 0.6 is 0 Å². The summed E-state index contributed by atoms with van der Waals surface area (Å²) in [5, 5.41) is 1.00. The van der Waals surface area contributed by atoms with E-state index in [4.69, 9.17) is 0 Å². The van der Waals surface area contributed by atoms with Crippen molar-refractivity contribution in [1.82, 2.24) is 4.98 Å². The van der Waals surface area contributed by atoms with Gasteiger partial charge in [0, 0.05) is 24.1 Å². The molecule has 69 valence electrons. The van der Waals surface area contributed by atoms with Crippen molar-refractivity contribution >= 4 is 17.0 Å². The first kappa shape index (κ1) is 8.88. The molecule has 1 heterocycles. The van der Waals surface area contributed by atoms with Gasteiger partial charge in [-0.25, -0.2) is 4.39 Å². The third kappa shape index (κ3) is 1.64. The van der Waals surface area contributed by atoms with Crippen molar-refractivity contribution in [2.45, 2.75) is 0 Å². The van der Waals surface area contributed by atoms with Crippen molar-refractivity contribution in [3.05, 3.63) is 54.8 Å². The molecule has 0 saturated heterocycles. The molecule has 2 heteroatoms. The number of para-hydroxylation sites is 1. The molecular formula is C12H9FN. The fourth-order valence-electron chi connectivity index (χ4n) is 1.41. The van der Waals surface area contributed by atoms with E-state index in [0.29, 0.717) is 0 Å². The molecule has 0 aliphatic heterocycles. The molecule has 0 unspecified atom stereocenters. The Hall–Kier alpha value is -1.70. The van der Waals surface area contributed by atoms with Crippen LogP contribution in [0.1, 0.15) is 5.56 Å². The molecule has 1 radical (unpaired) electrons. The summed E-state index contributed by atoms with van der Waals surface area (Å²) in [6, 6.07) is 9.44. The van der Waals surface area contributed by atoms with Gasteiger partial charge in [0.15, 0.2) is 0 Å². The van der Waals surface area contributed by atoms with Gasteiger partial charge in [-0.3, -0.25) is 4.98 Å². The number of nitrogens with zero attached hydrogens (tertiary/aromatic N) is 1. The average molecular weight is 186 g/mol. The van der Waals surface area contributed by atoms with Gasteiger partial charge in [0.1, 0.15) is 5.83 Å². The molecule has 14 heavy (non-hydrogen) atoms. The normalized spacial score (nSPS) is 12.0. The second-order valence-electron chi connectivity index (χ2n) is 3.01. The maximum Gasteiger partial charge on any atom is 0.101 e. The molecule has 1 aromatic heterocycles. The van der Waals surface area contributed by atoms with Crippen LogP contribution in [0.2, 0.25) is 0 Å². The van der Waals surface area contributed by atoms with Crippen LogP contribution in [0.25, 0.3) is 17.0 Å². The number of hydrogen-bond donors (Lipinski definition) is 0. The van der Waals surface area contributed by atoms with Gasteiger partial charge in [0.05, 0.1) is 5.52 Å². The molecule has 0 atom stereocenters. The highest BCUT2D eigenvalue weighted by atomic mass is 19.1. The van der Waals surface area contributed by atoms with E-state index in [2.05, 4.69) is 11.9 Å². The highest BCUT2D eigenvalue weighted by molar-refractivity contribution is 5.87. The Kier molecular flexibility index (Phi) is 2.27. The fourth-order valence-corrected chi connectivity index (χ4v) is 1.41. The SMILES string of the molecule is [CH2]/C(F)=C\c1cccc2cccnc12. The van der Waals surface area contributed by atoms with E-state index >= 15 is 0 Å². The molecule has 0 fully saturated rings. The summed E-state index contributed by atoms with van der Waals surface area (Å²) < 4.78 is 12.6. The fraction of sp³-hybridized carbons (Fsp3) is 0. The molecule has 0 saturated carbocycles. The van der Waals surface area contributed by atoms with Crippen LogP contribution in [-0.4, -0.2) is 4.98 Å². The lowest BCUT2D eigenvalue weighted by atomic mass is 10.1. The van der Waals surface area contributed by atoms with Gasteiger partial charge in [-0.15, -0.1) is 0 Å². The van der Waals surface area contributed by atoms with Gasteiger partial charge in [-0.05, 0) is 12.1 Å². The first-order valence-electron chi connectivity index (χ1n) is 4.30. The summed E-state index contributed by atoms with van der Waals surface area (Å²) in [6.45, 7) is 3.21. The summed E-state index contributed by atoms with van der Waals surface area (Å²) >= 11 is 0. The zero-order valence-electron chi connectivity index (χ0n) is 7.57. The number of allylic oxidation sites excluding steroid dienone is 1. The average Bonchev–Trinajstić information content (AvgIpc) is 2.18. The Labute approximate surface area is 81.9 Å². The Morgan fingerprint density at radius 2 is 2.07 bits per heavy atom. The minimum Gasteiger partial charge on any atom is -0.256 e. The Bertz CT molecular complexity index is 479. The number of rotatable bonds is 1. The van der Waals surface area contributed by atoms with Crippen LogP contribution in [0.4, 0.5) is 4.39 Å². The maximum absolute atomic E-state index is 12.6. The quantitative estimate of drug-likeness (QED) is 0.665. The van der Waals surface area contributed by atoms with Gasteiger partial charge in [-0.1, -0.05) is 24.3 Å². The van der Waals surface area contributed by atoms with Crippen LogP contribution in [-0.2, 0) is 0 Å². The van der Waals surface area contributed by atoms with Crippen molar-refractivity contribution in [2.24, 2.45) is 0 Å². The Morgan fingerprint density at radius 3 is 2.86 bits per heavy atom. The molecule has 2 aromatic rings. The molecule has 0 bridgehead atoms. The number of aromatic nitrogens is 1. The predicted molar refractivity (Wildman–Crippen MR) is 56.2 cm³/mol. The zero-order chi connectivity index (χ0) is 9.97. The van der Waals surface area contributed by atoms with E-state index in [0.717, 1.165) is 16.5 Å². The molecule has 1 aromatic carbocycles. The number of benzene rings is 1. The predicted octanol–water partition coefficient (Wildman–Crippen LogP) is 3.38. The first-order valence-corrected chi connectivity index (χ1v) is 4.30. The summed E-state index contributed by atoms with van der Waals surface area (Å²) in [5.74, 6) is -0.455. The standard InChI is InChI=1S/C12H9FN/c1-9(13)8-11-5-2-4-10-6-3-7-14-12(10)11/h2-8H,1H2/b9-8+. The number of halogens is 1. The van der Waals surface area contributed by atoms with Crippen molar-refractivity contribution in [3.63, 3.8) is 0 Å². The van der Waals surface area contributed by atoms with E-state index in [1.54, 1.807) is 6.20 Å². The lowest BCUT2D eigenvalue weighted by Gasteiger charge is -2.00. The third-order valence-corrected chi connectivity index (χ3v) is 1.98. The lowest BCUT2D eigenvalue weighted by Crippen LogP contribution is -1.82. The van der Waals surface area contributed by atoms with E-state index in [-0.39, 0.29) is 0 Å². The second-order valence-corrected chi connectivity index (χ2v) is 3.01. The van der Waals surface area contributed by atoms with Crippen LogP contribution in [0.5, 0.6) is 0 Å². The first-order chi connectivity index (χ1) is 6.77. The van der Waals surface area contributed by atoms with E-state index in [9.17, 15) is 4.39 Å². The molecule has 0 aliphatic carbocycles. The van der Waals surface area contributed by atoms with E-state index in [1.165, 1.54) is 6.08 Å². The summed E-state index contributed by atoms with van der Waals surface area (Å²) in [6.07, 6.45) is 3.08. The molecule has 0 aliphatic rings. The second kappa shape index (κ2) is 3.58. The van der Waals surface area contributed by atoms with Crippen LogP contribution < -0.4 is 0 Å². The Balaban J connectivity index is 2.71. The van der Waals surface area contributed by atoms with E-state index in [1.807, 2.05) is 30.3 Å². The summed E-state index contributed by atoms with van der Waals surface area (Å²) in [4.78, 5) is 4.20. The van der Waals surface area contributed by atoms with Crippen molar-refractivity contribution < 1.29 is 4.39 Å². The molecule has 2 rings (SSSR count). The highest BCUT2D eigenvalue weighted by Crippen LogP contribution is 2.18. The number of pyridine rings is 1. The van der Waals surface area contributed by atoms with Crippen LogP contribution in [0.15, 0.2) is 42.4 Å². The number of hydrogen-bond acceptors (Lipinski definition) is 1. The maximum atomic E-state index is 12.6. The monoisotopic (exact) mass is 186 g/mol. The van der Waals surface area contributed by atoms with Crippen molar-refractivity contribution in [3.8, 4) is 0 Å². The Morgan fingerprint density at radius 1 is 1.29 bits per heavy atom. The minimum absolute atomic E-state index is 0.455. The molecule has 1 nitrogen and oxygen atoms in total. The van der Waals surface area contributed by atoms with Gasteiger partial charge in [-0.2, -0.15) is 0 Å². The molecule has 0 N–H and O–H groups in total. The lowest BCUT2D eigenvalue weighted by molar-refractivity contribution is 0.673. The number of fused-ring (bicyclic) bond motifs is 1. The topological polar surface area (TPSA) is 12.9 Å². The van der Waals surface area contributed by atoms with Gasteiger partial charge >= 0.3 is 0 Å². The molecular weight excluding hydrogens is 177 g/mol. The van der Waals surface area contributed by atoms with Crippen molar-refractivity contribution in [1.29, 1.82) is 0 Å². The largest absolute Gasteiger partial charge is 0.256 e. The van der Waals surface area contributed by atoms with Crippen molar-refractivity contribution in [2.75, 3.05) is 0 Å². The van der Waals surface area contributed by atoms with Crippen LogP contribution in [0.3, 0.4) is 0 Å². The van der Waals surface area contributed by atoms with Gasteiger partial charge < -0.3 is 0 Å².